The van der Waals surface area contributed by atoms with E-state index >= 15 is 0 Å². The number of aliphatic carboxylic acids is 1. The number of halogens is 2. The number of hydrogen-bond donors (Lipinski definition) is 1. The van der Waals surface area contributed by atoms with Gasteiger partial charge in [0.2, 0.25) is 0 Å². The maximum atomic E-state index is 14.1. The molecule has 2 aliphatic heterocycles. The molecule has 3 rings (SSSR count). The van der Waals surface area contributed by atoms with Crippen LogP contribution in [0.15, 0.2) is 12.1 Å². The summed E-state index contributed by atoms with van der Waals surface area (Å²) in [7, 11) is 0. The van der Waals surface area contributed by atoms with Crippen molar-refractivity contribution < 1.29 is 18.7 Å². The van der Waals surface area contributed by atoms with E-state index in [9.17, 15) is 13.6 Å². The number of rotatable bonds is 2. The summed E-state index contributed by atoms with van der Waals surface area (Å²) in [4.78, 5) is 12.7. The fourth-order valence-corrected chi connectivity index (χ4v) is 3.48. The molecule has 0 amide bonds. The van der Waals surface area contributed by atoms with E-state index in [1.807, 2.05) is 0 Å². The first-order valence-corrected chi connectivity index (χ1v) is 6.43. The van der Waals surface area contributed by atoms with E-state index in [-0.39, 0.29) is 23.3 Å². The third-order valence-electron chi connectivity index (χ3n) is 4.26. The Morgan fingerprint density at radius 1 is 1.35 bits per heavy atom. The van der Waals surface area contributed by atoms with Gasteiger partial charge in [-0.05, 0) is 31.4 Å². The first-order chi connectivity index (χ1) is 9.52. The van der Waals surface area contributed by atoms with E-state index in [1.165, 1.54) is 0 Å². The number of benzene rings is 1. The van der Waals surface area contributed by atoms with E-state index in [1.54, 1.807) is 11.0 Å². The summed E-state index contributed by atoms with van der Waals surface area (Å²) in [6.07, 6.45) is 1.78. The molecule has 0 aromatic heterocycles. The van der Waals surface area contributed by atoms with Gasteiger partial charge >= 0.3 is 5.97 Å². The third-order valence-corrected chi connectivity index (χ3v) is 4.26. The van der Waals surface area contributed by atoms with Crippen LogP contribution in [0.4, 0.5) is 14.5 Å². The molecule has 2 aliphatic rings. The fraction of sp³-hybridized carbons (Fsp3) is 0.429. The van der Waals surface area contributed by atoms with Gasteiger partial charge in [-0.3, -0.25) is 4.79 Å². The average Bonchev–Trinajstić information content (AvgIpc) is 2.95. The highest BCUT2D eigenvalue weighted by Gasteiger charge is 2.50. The zero-order valence-corrected chi connectivity index (χ0v) is 10.5. The van der Waals surface area contributed by atoms with Gasteiger partial charge in [0.05, 0.1) is 17.6 Å². The van der Waals surface area contributed by atoms with E-state index < -0.39 is 23.5 Å². The van der Waals surface area contributed by atoms with E-state index in [0.29, 0.717) is 12.8 Å². The summed E-state index contributed by atoms with van der Waals surface area (Å²) in [6, 6.07) is 3.18. The summed E-state index contributed by atoms with van der Waals surface area (Å²) in [5.74, 6) is -3.10. The second kappa shape index (κ2) is 4.44. The van der Waals surface area contributed by atoms with Crippen molar-refractivity contribution in [2.45, 2.75) is 31.3 Å². The van der Waals surface area contributed by atoms with Gasteiger partial charge in [-0.15, -0.1) is 0 Å². The highest BCUT2D eigenvalue weighted by molar-refractivity contribution is 5.74. The Morgan fingerprint density at radius 3 is 2.50 bits per heavy atom. The molecule has 4 nitrogen and oxygen atoms in total. The minimum absolute atomic E-state index is 0.0786. The van der Waals surface area contributed by atoms with Crippen LogP contribution in [0.1, 0.15) is 24.8 Å². The van der Waals surface area contributed by atoms with Crippen LogP contribution in [-0.2, 0) is 4.79 Å². The molecule has 1 aromatic carbocycles. The molecule has 0 radical (unpaired) electrons. The number of carboxylic acid groups (broad SMARTS) is 1. The number of fused-ring (bicyclic) bond motifs is 2. The molecule has 2 bridgehead atoms. The van der Waals surface area contributed by atoms with Crippen molar-refractivity contribution in [2.24, 2.45) is 5.92 Å². The van der Waals surface area contributed by atoms with Crippen molar-refractivity contribution in [1.29, 1.82) is 5.26 Å². The number of nitriles is 1. The number of nitrogens with zero attached hydrogens (tertiary/aromatic N) is 2. The normalized spacial score (nSPS) is 27.6. The van der Waals surface area contributed by atoms with Gasteiger partial charge in [-0.1, -0.05) is 0 Å². The fourth-order valence-electron chi connectivity index (χ4n) is 3.48. The molecule has 3 atom stereocenters. The lowest BCUT2D eigenvalue weighted by molar-refractivity contribution is -0.142. The van der Waals surface area contributed by atoms with Gasteiger partial charge in [-0.25, -0.2) is 8.78 Å². The van der Waals surface area contributed by atoms with Crippen LogP contribution < -0.4 is 4.90 Å². The maximum Gasteiger partial charge on any atom is 0.308 e. The Morgan fingerprint density at radius 2 is 2.00 bits per heavy atom. The molecule has 0 saturated carbocycles. The zero-order chi connectivity index (χ0) is 14.4. The quantitative estimate of drug-likeness (QED) is 0.901. The lowest BCUT2D eigenvalue weighted by atomic mass is 9.89. The van der Waals surface area contributed by atoms with Crippen LogP contribution in [0, 0.1) is 28.9 Å². The van der Waals surface area contributed by atoms with Crippen molar-refractivity contribution in [3.63, 3.8) is 0 Å². The van der Waals surface area contributed by atoms with Gasteiger partial charge in [0.25, 0.3) is 0 Å². The third kappa shape index (κ3) is 1.73. The van der Waals surface area contributed by atoms with Crippen molar-refractivity contribution in [3.05, 3.63) is 29.3 Å². The van der Waals surface area contributed by atoms with Crippen LogP contribution in [-0.4, -0.2) is 23.2 Å². The molecule has 6 heteroatoms. The molecule has 104 valence electrons. The second-order valence-corrected chi connectivity index (χ2v) is 5.29. The monoisotopic (exact) mass is 278 g/mol. The van der Waals surface area contributed by atoms with Crippen molar-refractivity contribution in [3.8, 4) is 6.07 Å². The van der Waals surface area contributed by atoms with Gasteiger partial charge in [0, 0.05) is 12.1 Å². The van der Waals surface area contributed by atoms with Crippen molar-refractivity contribution in [1.82, 2.24) is 0 Å². The smallest absolute Gasteiger partial charge is 0.308 e. The van der Waals surface area contributed by atoms with Crippen LogP contribution in [0.2, 0.25) is 0 Å². The van der Waals surface area contributed by atoms with Crippen LogP contribution in [0.3, 0.4) is 0 Å². The predicted molar refractivity (Wildman–Crippen MR) is 66.1 cm³/mol. The summed E-state index contributed by atoms with van der Waals surface area (Å²) in [5.41, 5.74) is -0.273. The predicted octanol–water partition coefficient (Wildman–Crippen LogP) is 2.28. The molecule has 0 aliphatic carbocycles. The molecule has 2 fully saturated rings. The zero-order valence-electron chi connectivity index (χ0n) is 10.5. The molecule has 1 N–H and O–H groups in total. The molecule has 0 spiro atoms. The lowest BCUT2D eigenvalue weighted by Gasteiger charge is -2.26. The number of carboxylic acids is 1. The van der Waals surface area contributed by atoms with Crippen molar-refractivity contribution >= 4 is 11.7 Å². The van der Waals surface area contributed by atoms with Gasteiger partial charge in [0.1, 0.15) is 5.69 Å². The molecule has 2 heterocycles. The molecular formula is C14H12F2N2O2. The summed E-state index contributed by atoms with van der Waals surface area (Å²) >= 11 is 0. The number of hydrogen-bond acceptors (Lipinski definition) is 3. The number of anilines is 1. The van der Waals surface area contributed by atoms with Gasteiger partial charge in [0.15, 0.2) is 11.6 Å². The molecule has 3 unspecified atom stereocenters. The van der Waals surface area contributed by atoms with E-state index in [4.69, 9.17) is 10.4 Å². The summed E-state index contributed by atoms with van der Waals surface area (Å²) in [6.45, 7) is 0. The van der Waals surface area contributed by atoms with Crippen LogP contribution in [0.5, 0.6) is 0 Å². The van der Waals surface area contributed by atoms with E-state index in [0.717, 1.165) is 18.6 Å². The molecule has 1 aromatic rings. The molecular weight excluding hydrogens is 266 g/mol. The average molecular weight is 278 g/mol. The topological polar surface area (TPSA) is 64.3 Å². The largest absolute Gasteiger partial charge is 0.481 e. The Balaban J connectivity index is 2.03. The Bertz CT molecular complexity index is 603. The van der Waals surface area contributed by atoms with Gasteiger partial charge < -0.3 is 10.0 Å². The van der Waals surface area contributed by atoms with Crippen LogP contribution >= 0.6 is 0 Å². The van der Waals surface area contributed by atoms with E-state index in [2.05, 4.69) is 0 Å². The Hall–Kier alpha value is -2.16. The second-order valence-electron chi connectivity index (χ2n) is 5.29. The van der Waals surface area contributed by atoms with Crippen LogP contribution in [0.25, 0.3) is 0 Å². The molecule has 2 saturated heterocycles. The minimum Gasteiger partial charge on any atom is -0.481 e. The standard InChI is InChI=1S/C14H12F2N2O2/c15-10-3-7(6-17)4-11(16)13(10)18-8-1-2-12(18)9(5-8)14(19)20/h3-4,8-9,12H,1-2,5H2,(H,19,20). The summed E-state index contributed by atoms with van der Waals surface area (Å²) < 4.78 is 28.1. The highest BCUT2D eigenvalue weighted by Crippen LogP contribution is 2.46. The number of carbonyl (C=O) groups is 1. The first kappa shape index (κ1) is 12.9. The SMILES string of the molecule is N#Cc1cc(F)c(N2C3CCC2C(C(=O)O)C3)c(F)c1. The Labute approximate surface area is 114 Å². The highest BCUT2D eigenvalue weighted by atomic mass is 19.1. The first-order valence-electron chi connectivity index (χ1n) is 6.43. The van der Waals surface area contributed by atoms with Gasteiger partial charge in [-0.2, -0.15) is 5.26 Å². The molecule has 20 heavy (non-hydrogen) atoms. The summed E-state index contributed by atoms with van der Waals surface area (Å²) in [5, 5.41) is 17.9. The lowest BCUT2D eigenvalue weighted by Crippen LogP contribution is -2.34. The maximum absolute atomic E-state index is 14.1. The Kier molecular flexibility index (Phi) is 2.85. The minimum atomic E-state index is -0.920. The van der Waals surface area contributed by atoms with Crippen molar-refractivity contribution in [2.75, 3.05) is 4.90 Å².